The molecule has 1 aliphatic carbocycles. The third kappa shape index (κ3) is 2.89. The van der Waals surface area contributed by atoms with Crippen molar-refractivity contribution in [3.8, 4) is 0 Å². The Hall–Kier alpha value is -1.78. The van der Waals surface area contributed by atoms with Gasteiger partial charge in [-0.25, -0.2) is 4.79 Å². The fourth-order valence-electron chi connectivity index (χ4n) is 3.60. The SMILES string of the molecule is CC(C)(C)OC(=O)N1CC2(C1)CN(c1ccnc(C3CC3)c1)C2. The second-order valence-electron chi connectivity index (χ2n) is 8.41. The van der Waals surface area contributed by atoms with Crippen LogP contribution in [0.15, 0.2) is 18.3 Å². The van der Waals surface area contributed by atoms with E-state index in [2.05, 4.69) is 22.0 Å². The second kappa shape index (κ2) is 4.86. The first-order chi connectivity index (χ1) is 10.8. The van der Waals surface area contributed by atoms with Crippen molar-refractivity contribution in [2.45, 2.75) is 45.1 Å². The Labute approximate surface area is 137 Å². The Bertz CT molecular complexity index is 619. The number of carbonyl (C=O) groups excluding carboxylic acids is 1. The lowest BCUT2D eigenvalue weighted by Gasteiger charge is -2.60. The molecule has 2 aliphatic heterocycles. The van der Waals surface area contributed by atoms with Gasteiger partial charge in [-0.1, -0.05) is 0 Å². The highest BCUT2D eigenvalue weighted by Crippen LogP contribution is 2.44. The number of nitrogens with zero attached hydrogens (tertiary/aromatic N) is 3. The number of hydrogen-bond donors (Lipinski definition) is 0. The number of hydrogen-bond acceptors (Lipinski definition) is 4. The molecule has 5 nitrogen and oxygen atoms in total. The molecule has 0 radical (unpaired) electrons. The van der Waals surface area contributed by atoms with Crippen LogP contribution in [0.2, 0.25) is 0 Å². The molecule has 0 atom stereocenters. The van der Waals surface area contributed by atoms with Crippen LogP contribution in [0.1, 0.15) is 45.2 Å². The van der Waals surface area contributed by atoms with Crippen molar-refractivity contribution >= 4 is 11.8 Å². The van der Waals surface area contributed by atoms with Crippen LogP contribution in [-0.4, -0.2) is 47.8 Å². The van der Waals surface area contributed by atoms with Gasteiger partial charge in [0.15, 0.2) is 0 Å². The van der Waals surface area contributed by atoms with Crippen molar-refractivity contribution in [1.82, 2.24) is 9.88 Å². The summed E-state index contributed by atoms with van der Waals surface area (Å²) in [5.41, 5.74) is 2.39. The molecule has 1 amide bonds. The summed E-state index contributed by atoms with van der Waals surface area (Å²) in [6.45, 7) is 9.42. The van der Waals surface area contributed by atoms with Crippen LogP contribution in [0.3, 0.4) is 0 Å². The monoisotopic (exact) mass is 315 g/mol. The fourth-order valence-corrected chi connectivity index (χ4v) is 3.60. The third-order valence-corrected chi connectivity index (χ3v) is 4.88. The number of pyridine rings is 1. The van der Waals surface area contributed by atoms with Crippen LogP contribution < -0.4 is 4.90 Å². The topological polar surface area (TPSA) is 45.7 Å². The predicted molar refractivity (Wildman–Crippen MR) is 88.7 cm³/mol. The number of amides is 1. The van der Waals surface area contributed by atoms with E-state index < -0.39 is 5.60 Å². The first kappa shape index (κ1) is 14.8. The molecule has 5 heteroatoms. The molecule has 2 saturated heterocycles. The summed E-state index contributed by atoms with van der Waals surface area (Å²) in [6.07, 6.45) is 4.32. The van der Waals surface area contributed by atoms with Crippen molar-refractivity contribution in [3.63, 3.8) is 0 Å². The summed E-state index contributed by atoms with van der Waals surface area (Å²) in [4.78, 5) is 20.7. The summed E-state index contributed by atoms with van der Waals surface area (Å²) in [5, 5.41) is 0. The molecule has 4 rings (SSSR count). The Balaban J connectivity index is 1.31. The van der Waals surface area contributed by atoms with Crippen LogP contribution in [0.4, 0.5) is 10.5 Å². The van der Waals surface area contributed by atoms with E-state index in [1.54, 1.807) is 0 Å². The molecule has 1 aromatic heterocycles. The Kier molecular flexibility index (Phi) is 3.12. The average Bonchev–Trinajstić information content (AvgIpc) is 3.17. The van der Waals surface area contributed by atoms with Crippen molar-refractivity contribution in [1.29, 1.82) is 0 Å². The molecule has 3 fully saturated rings. The van der Waals surface area contributed by atoms with Crippen LogP contribution in [-0.2, 0) is 4.74 Å². The number of ether oxygens (including phenoxy) is 1. The Morgan fingerprint density at radius 1 is 1.26 bits per heavy atom. The summed E-state index contributed by atoms with van der Waals surface area (Å²) >= 11 is 0. The molecule has 3 heterocycles. The van der Waals surface area contributed by atoms with E-state index in [0.717, 1.165) is 26.2 Å². The molecule has 3 aliphatic rings. The largest absolute Gasteiger partial charge is 0.444 e. The lowest BCUT2D eigenvalue weighted by molar-refractivity contribution is -0.0453. The van der Waals surface area contributed by atoms with Crippen LogP contribution in [0.25, 0.3) is 0 Å². The molecular formula is C18H25N3O2. The van der Waals surface area contributed by atoms with Crippen molar-refractivity contribution in [3.05, 3.63) is 24.0 Å². The number of anilines is 1. The molecule has 1 spiro atoms. The quantitative estimate of drug-likeness (QED) is 0.841. The fraction of sp³-hybridized carbons (Fsp3) is 0.667. The number of carbonyl (C=O) groups is 1. The lowest BCUT2D eigenvalue weighted by Crippen LogP contribution is -2.73. The maximum absolute atomic E-state index is 12.0. The molecule has 0 bridgehead atoms. The third-order valence-electron chi connectivity index (χ3n) is 4.88. The van der Waals surface area contributed by atoms with Crippen LogP contribution in [0.5, 0.6) is 0 Å². The highest BCUT2D eigenvalue weighted by Gasteiger charge is 2.54. The van der Waals surface area contributed by atoms with Gasteiger partial charge in [-0.05, 0) is 45.7 Å². The molecule has 1 aromatic rings. The van der Waals surface area contributed by atoms with Crippen molar-refractivity contribution in [2.75, 3.05) is 31.1 Å². The highest BCUT2D eigenvalue weighted by molar-refractivity contribution is 5.70. The van der Waals surface area contributed by atoms with Gasteiger partial charge >= 0.3 is 6.09 Å². The molecule has 23 heavy (non-hydrogen) atoms. The first-order valence-electron chi connectivity index (χ1n) is 8.53. The van der Waals surface area contributed by atoms with E-state index >= 15 is 0 Å². The molecular weight excluding hydrogens is 290 g/mol. The summed E-state index contributed by atoms with van der Waals surface area (Å²) in [6, 6.07) is 4.35. The van der Waals surface area contributed by atoms with E-state index in [4.69, 9.17) is 4.74 Å². The zero-order valence-electron chi connectivity index (χ0n) is 14.2. The number of likely N-dealkylation sites (tertiary alicyclic amines) is 1. The van der Waals surface area contributed by atoms with E-state index in [-0.39, 0.29) is 11.5 Å². The zero-order chi connectivity index (χ0) is 16.2. The predicted octanol–water partition coefficient (Wildman–Crippen LogP) is 3.02. The maximum Gasteiger partial charge on any atom is 0.410 e. The summed E-state index contributed by atoms with van der Waals surface area (Å²) in [7, 11) is 0. The minimum absolute atomic E-state index is 0.179. The molecule has 1 saturated carbocycles. The molecule has 0 unspecified atom stereocenters. The first-order valence-corrected chi connectivity index (χ1v) is 8.53. The van der Waals surface area contributed by atoms with Gasteiger partial charge in [-0.2, -0.15) is 0 Å². The zero-order valence-corrected chi connectivity index (χ0v) is 14.2. The van der Waals surface area contributed by atoms with Gasteiger partial charge in [0.05, 0.1) is 0 Å². The molecule has 124 valence electrons. The maximum atomic E-state index is 12.0. The van der Waals surface area contributed by atoms with Gasteiger partial charge in [-0.15, -0.1) is 0 Å². The number of aromatic nitrogens is 1. The summed E-state index contributed by atoms with van der Waals surface area (Å²) < 4.78 is 5.43. The minimum atomic E-state index is -0.415. The molecule has 0 N–H and O–H groups in total. The van der Waals surface area contributed by atoms with Crippen LogP contribution in [0, 0.1) is 5.41 Å². The Morgan fingerprint density at radius 3 is 2.57 bits per heavy atom. The average molecular weight is 315 g/mol. The van der Waals surface area contributed by atoms with Crippen molar-refractivity contribution < 1.29 is 9.53 Å². The second-order valence-corrected chi connectivity index (χ2v) is 8.41. The minimum Gasteiger partial charge on any atom is -0.444 e. The van der Waals surface area contributed by atoms with Gasteiger partial charge in [-0.3, -0.25) is 4.98 Å². The normalized spacial score (nSPS) is 22.6. The highest BCUT2D eigenvalue weighted by atomic mass is 16.6. The summed E-state index contributed by atoms with van der Waals surface area (Å²) in [5.74, 6) is 0.691. The molecule has 0 aromatic carbocycles. The lowest BCUT2D eigenvalue weighted by atomic mass is 9.73. The van der Waals surface area contributed by atoms with Gasteiger partial charge in [0, 0.05) is 55.1 Å². The standard InChI is InChI=1S/C18H25N3O2/c1-17(2,3)23-16(22)21-11-18(12-21)9-20(10-18)14-6-7-19-15(8-14)13-4-5-13/h6-8,13H,4-5,9-12H2,1-3H3. The Morgan fingerprint density at radius 2 is 1.96 bits per heavy atom. The van der Waals surface area contributed by atoms with E-state index in [1.807, 2.05) is 31.9 Å². The van der Waals surface area contributed by atoms with E-state index in [1.165, 1.54) is 24.2 Å². The number of rotatable bonds is 2. The van der Waals surface area contributed by atoms with Crippen LogP contribution >= 0.6 is 0 Å². The van der Waals surface area contributed by atoms with Gasteiger partial charge in [0.25, 0.3) is 0 Å². The van der Waals surface area contributed by atoms with Gasteiger partial charge in [0.1, 0.15) is 5.60 Å². The van der Waals surface area contributed by atoms with Gasteiger partial charge in [0.2, 0.25) is 0 Å². The van der Waals surface area contributed by atoms with E-state index in [0.29, 0.717) is 5.92 Å². The smallest absolute Gasteiger partial charge is 0.410 e. The van der Waals surface area contributed by atoms with Crippen molar-refractivity contribution in [2.24, 2.45) is 5.41 Å². The van der Waals surface area contributed by atoms with Gasteiger partial charge < -0.3 is 14.5 Å². The van der Waals surface area contributed by atoms with E-state index in [9.17, 15) is 4.79 Å².